The molecule has 0 saturated carbocycles. The van der Waals surface area contributed by atoms with Crippen LogP contribution in [0.5, 0.6) is 0 Å². The van der Waals surface area contributed by atoms with Crippen molar-refractivity contribution in [2.45, 2.75) is 25.6 Å². The maximum absolute atomic E-state index is 10.7. The summed E-state index contributed by atoms with van der Waals surface area (Å²) in [5.74, 6) is -3.63. The highest BCUT2D eigenvalue weighted by molar-refractivity contribution is 7.53. The van der Waals surface area contributed by atoms with E-state index in [1.54, 1.807) is 0 Å². The van der Waals surface area contributed by atoms with Crippen LogP contribution < -0.4 is 0 Å². The Hall–Kier alpha value is -0.420. The number of rotatable bonds is 5. The summed E-state index contributed by atoms with van der Waals surface area (Å²) >= 11 is 0. The van der Waals surface area contributed by atoms with Gasteiger partial charge in [0.05, 0.1) is 6.61 Å². The molecule has 0 rings (SSSR count). The number of aliphatic hydroxyl groups is 1. The quantitative estimate of drug-likeness (QED) is 0.332. The standard InChI is InChI=1S/C6H13O6P/c1-2-3-4-12-5(7)6(8)13(9,10)11/h6,8H,2-4H2,1H3,(H2,9,10,11). The van der Waals surface area contributed by atoms with Crippen LogP contribution in [-0.2, 0) is 14.1 Å². The summed E-state index contributed by atoms with van der Waals surface area (Å²) in [4.78, 5) is 27.4. The fourth-order valence-electron chi connectivity index (χ4n) is 0.529. The molecule has 7 heteroatoms. The van der Waals surface area contributed by atoms with Gasteiger partial charge < -0.3 is 19.6 Å². The van der Waals surface area contributed by atoms with Crippen molar-refractivity contribution < 1.29 is 29.0 Å². The number of unbranched alkanes of at least 4 members (excludes halogenated alkanes) is 1. The normalized spacial score (nSPS) is 13.8. The summed E-state index contributed by atoms with van der Waals surface area (Å²) in [6, 6.07) is 0. The van der Waals surface area contributed by atoms with E-state index in [9.17, 15) is 9.36 Å². The van der Waals surface area contributed by atoms with Crippen LogP contribution in [0.4, 0.5) is 0 Å². The molecule has 0 spiro atoms. The third-order valence-corrected chi connectivity index (χ3v) is 2.12. The summed E-state index contributed by atoms with van der Waals surface area (Å²) in [5, 5.41) is 8.72. The van der Waals surface area contributed by atoms with Crippen molar-refractivity contribution in [1.29, 1.82) is 0 Å². The zero-order valence-corrected chi connectivity index (χ0v) is 8.11. The predicted molar refractivity (Wildman–Crippen MR) is 43.9 cm³/mol. The monoisotopic (exact) mass is 212 g/mol. The second-order valence-corrected chi connectivity index (χ2v) is 4.15. The van der Waals surface area contributed by atoms with Crippen molar-refractivity contribution in [3.8, 4) is 0 Å². The van der Waals surface area contributed by atoms with Gasteiger partial charge in [-0.25, -0.2) is 4.79 Å². The lowest BCUT2D eigenvalue weighted by molar-refractivity contribution is -0.149. The van der Waals surface area contributed by atoms with Crippen LogP contribution in [0.2, 0.25) is 0 Å². The van der Waals surface area contributed by atoms with E-state index in [-0.39, 0.29) is 6.61 Å². The molecule has 0 aromatic carbocycles. The number of hydrogen-bond acceptors (Lipinski definition) is 4. The lowest BCUT2D eigenvalue weighted by Gasteiger charge is -2.11. The predicted octanol–water partition coefficient (Wildman–Crippen LogP) is -0.174. The molecule has 0 aliphatic rings. The SMILES string of the molecule is CCCCOC(=O)C(O)P(=O)(O)O. The first-order valence-electron chi connectivity index (χ1n) is 3.79. The second-order valence-electron chi connectivity index (χ2n) is 2.48. The van der Waals surface area contributed by atoms with Crippen LogP contribution in [0.1, 0.15) is 19.8 Å². The third kappa shape index (κ3) is 5.00. The highest BCUT2D eigenvalue weighted by Gasteiger charge is 2.34. The smallest absolute Gasteiger partial charge is 0.365 e. The molecular weight excluding hydrogens is 199 g/mol. The van der Waals surface area contributed by atoms with E-state index in [2.05, 4.69) is 4.74 Å². The van der Waals surface area contributed by atoms with Gasteiger partial charge in [-0.1, -0.05) is 13.3 Å². The van der Waals surface area contributed by atoms with Crippen molar-refractivity contribution in [2.24, 2.45) is 0 Å². The Morgan fingerprint density at radius 3 is 2.46 bits per heavy atom. The summed E-state index contributed by atoms with van der Waals surface area (Å²) < 4.78 is 14.7. The molecule has 3 N–H and O–H groups in total. The Kier molecular flexibility index (Phi) is 5.17. The topological polar surface area (TPSA) is 104 Å². The molecule has 6 nitrogen and oxygen atoms in total. The van der Waals surface area contributed by atoms with E-state index in [1.807, 2.05) is 6.92 Å². The van der Waals surface area contributed by atoms with Crippen molar-refractivity contribution in [3.63, 3.8) is 0 Å². The van der Waals surface area contributed by atoms with Crippen LogP contribution in [0.3, 0.4) is 0 Å². The maximum atomic E-state index is 10.7. The molecule has 0 bridgehead atoms. The van der Waals surface area contributed by atoms with E-state index < -0.39 is 19.4 Å². The van der Waals surface area contributed by atoms with Gasteiger partial charge in [0.2, 0.25) is 0 Å². The van der Waals surface area contributed by atoms with Crippen molar-refractivity contribution in [2.75, 3.05) is 6.61 Å². The molecule has 0 aliphatic carbocycles. The van der Waals surface area contributed by atoms with Gasteiger partial charge in [0.25, 0.3) is 5.85 Å². The van der Waals surface area contributed by atoms with Gasteiger partial charge in [-0.3, -0.25) is 4.57 Å². The van der Waals surface area contributed by atoms with Gasteiger partial charge in [0, 0.05) is 0 Å². The molecule has 1 unspecified atom stereocenters. The van der Waals surface area contributed by atoms with Gasteiger partial charge in [-0.05, 0) is 6.42 Å². The fourth-order valence-corrected chi connectivity index (χ4v) is 0.878. The summed E-state index contributed by atoms with van der Waals surface area (Å²) in [6.07, 6.45) is 1.39. The number of aliphatic hydroxyl groups excluding tert-OH is 1. The van der Waals surface area contributed by atoms with Gasteiger partial charge in [-0.2, -0.15) is 0 Å². The Balaban J connectivity index is 3.91. The summed E-state index contributed by atoms with van der Waals surface area (Å²) in [7, 11) is -4.78. The lowest BCUT2D eigenvalue weighted by atomic mass is 10.4. The molecule has 0 aromatic rings. The third-order valence-electron chi connectivity index (χ3n) is 1.27. The number of carbonyl (C=O) groups excluding carboxylic acids is 1. The lowest BCUT2D eigenvalue weighted by Crippen LogP contribution is -2.23. The summed E-state index contributed by atoms with van der Waals surface area (Å²) in [5.41, 5.74) is 0. The first kappa shape index (κ1) is 12.6. The zero-order chi connectivity index (χ0) is 10.5. The number of esters is 1. The molecule has 0 saturated heterocycles. The summed E-state index contributed by atoms with van der Waals surface area (Å²) in [6.45, 7) is 1.93. The number of carbonyl (C=O) groups is 1. The minimum Gasteiger partial charge on any atom is -0.463 e. The average molecular weight is 212 g/mol. The van der Waals surface area contributed by atoms with Crippen molar-refractivity contribution in [3.05, 3.63) is 0 Å². The molecular formula is C6H13O6P. The minimum atomic E-state index is -4.78. The molecule has 1 atom stereocenters. The van der Waals surface area contributed by atoms with Gasteiger partial charge in [0.1, 0.15) is 0 Å². The van der Waals surface area contributed by atoms with Crippen LogP contribution >= 0.6 is 7.60 Å². The van der Waals surface area contributed by atoms with E-state index in [0.29, 0.717) is 6.42 Å². The first-order valence-corrected chi connectivity index (χ1v) is 5.47. The van der Waals surface area contributed by atoms with Crippen LogP contribution in [0.15, 0.2) is 0 Å². The molecule has 0 fully saturated rings. The average Bonchev–Trinajstić information content (AvgIpc) is 2.01. The first-order chi connectivity index (χ1) is 5.89. The Morgan fingerprint density at radius 1 is 1.54 bits per heavy atom. The van der Waals surface area contributed by atoms with E-state index in [0.717, 1.165) is 6.42 Å². The number of hydrogen-bond donors (Lipinski definition) is 3. The van der Waals surface area contributed by atoms with Gasteiger partial charge in [0.15, 0.2) is 0 Å². The van der Waals surface area contributed by atoms with Crippen LogP contribution in [-0.4, -0.2) is 33.3 Å². The molecule has 0 radical (unpaired) electrons. The van der Waals surface area contributed by atoms with Gasteiger partial charge >= 0.3 is 13.6 Å². The zero-order valence-electron chi connectivity index (χ0n) is 7.21. The Bertz CT molecular complexity index is 209. The van der Waals surface area contributed by atoms with Gasteiger partial charge in [-0.15, -0.1) is 0 Å². The highest BCUT2D eigenvalue weighted by atomic mass is 31.2. The van der Waals surface area contributed by atoms with Crippen molar-refractivity contribution in [1.82, 2.24) is 0 Å². The number of ether oxygens (including phenoxy) is 1. The molecule has 0 amide bonds. The van der Waals surface area contributed by atoms with E-state index in [4.69, 9.17) is 14.9 Å². The Labute approximate surface area is 75.7 Å². The highest BCUT2D eigenvalue weighted by Crippen LogP contribution is 2.39. The van der Waals surface area contributed by atoms with E-state index in [1.165, 1.54) is 0 Å². The van der Waals surface area contributed by atoms with Crippen LogP contribution in [0.25, 0.3) is 0 Å². The Morgan fingerprint density at radius 2 is 2.08 bits per heavy atom. The molecule has 78 valence electrons. The molecule has 0 aromatic heterocycles. The fraction of sp³-hybridized carbons (Fsp3) is 0.833. The maximum Gasteiger partial charge on any atom is 0.365 e. The molecule has 13 heavy (non-hydrogen) atoms. The molecule has 0 heterocycles. The molecule has 0 aliphatic heterocycles. The second kappa shape index (κ2) is 5.34. The van der Waals surface area contributed by atoms with Crippen molar-refractivity contribution >= 4 is 13.6 Å². The van der Waals surface area contributed by atoms with Crippen LogP contribution in [0, 0.1) is 0 Å². The minimum absolute atomic E-state index is 0.0619. The largest absolute Gasteiger partial charge is 0.463 e. The van der Waals surface area contributed by atoms with E-state index >= 15 is 0 Å².